The van der Waals surface area contributed by atoms with Crippen LogP contribution in [0.25, 0.3) is 0 Å². The average Bonchev–Trinajstić information content (AvgIpc) is 2.50. The van der Waals surface area contributed by atoms with Gasteiger partial charge in [0.25, 0.3) is 0 Å². The number of anilines is 1. The predicted octanol–water partition coefficient (Wildman–Crippen LogP) is 3.65. The van der Waals surface area contributed by atoms with Crippen molar-refractivity contribution in [2.24, 2.45) is 5.92 Å². The summed E-state index contributed by atoms with van der Waals surface area (Å²) in [4.78, 5) is 0. The second kappa shape index (κ2) is 4.13. The largest absolute Gasteiger partial charge is 0.449 e. The van der Waals surface area contributed by atoms with E-state index >= 15 is 0 Å². The van der Waals surface area contributed by atoms with Gasteiger partial charge in [0, 0.05) is 31.6 Å². The first kappa shape index (κ1) is 12.1. The number of hydrogen-bond donors (Lipinski definition) is 1. The number of fused-ring (bicyclic) bond motifs is 1. The van der Waals surface area contributed by atoms with Crippen molar-refractivity contribution in [3.63, 3.8) is 0 Å². The zero-order valence-electron chi connectivity index (χ0n) is 11.2. The number of ether oxygens (including phenoxy) is 2. The highest BCUT2D eigenvalue weighted by molar-refractivity contribution is 5.56. The fourth-order valence-corrected chi connectivity index (χ4v) is 1.74. The summed E-state index contributed by atoms with van der Waals surface area (Å²) in [6.45, 7) is 10.4. The average molecular weight is 235 g/mol. The van der Waals surface area contributed by atoms with Crippen molar-refractivity contribution in [1.82, 2.24) is 0 Å². The lowest BCUT2D eigenvalue weighted by Crippen LogP contribution is -2.29. The van der Waals surface area contributed by atoms with E-state index in [1.54, 1.807) is 0 Å². The van der Waals surface area contributed by atoms with Gasteiger partial charge >= 0.3 is 0 Å². The van der Waals surface area contributed by atoms with E-state index in [2.05, 4.69) is 26.1 Å². The first-order valence-corrected chi connectivity index (χ1v) is 6.16. The van der Waals surface area contributed by atoms with Gasteiger partial charge < -0.3 is 14.8 Å². The molecule has 0 aliphatic carbocycles. The molecule has 1 atom stereocenters. The second-order valence-corrected chi connectivity index (χ2v) is 5.44. The van der Waals surface area contributed by atoms with Crippen LogP contribution in [0.1, 0.15) is 34.6 Å². The molecule has 3 nitrogen and oxygen atoms in total. The predicted molar refractivity (Wildman–Crippen MR) is 69.7 cm³/mol. The van der Waals surface area contributed by atoms with Crippen molar-refractivity contribution >= 4 is 5.69 Å². The molecule has 0 amide bonds. The van der Waals surface area contributed by atoms with Gasteiger partial charge in [-0.25, -0.2) is 0 Å². The van der Waals surface area contributed by atoms with Crippen molar-refractivity contribution < 1.29 is 9.47 Å². The minimum atomic E-state index is -0.551. The number of benzene rings is 1. The third-order valence-electron chi connectivity index (χ3n) is 3.05. The molecule has 1 aromatic rings. The highest BCUT2D eigenvalue weighted by Crippen LogP contribution is 2.40. The van der Waals surface area contributed by atoms with Crippen LogP contribution in [-0.4, -0.2) is 11.8 Å². The summed E-state index contributed by atoms with van der Waals surface area (Å²) in [5.74, 6) is 1.68. The summed E-state index contributed by atoms with van der Waals surface area (Å²) in [6.07, 6.45) is 0. The monoisotopic (exact) mass is 235 g/mol. The lowest BCUT2D eigenvalue weighted by molar-refractivity contribution is -0.0431. The zero-order chi connectivity index (χ0) is 12.6. The van der Waals surface area contributed by atoms with Crippen LogP contribution < -0.4 is 14.8 Å². The van der Waals surface area contributed by atoms with E-state index in [1.807, 2.05) is 32.0 Å². The normalized spacial score (nSPS) is 18.2. The zero-order valence-corrected chi connectivity index (χ0v) is 11.2. The first-order valence-electron chi connectivity index (χ1n) is 6.16. The summed E-state index contributed by atoms with van der Waals surface area (Å²) < 4.78 is 11.4. The molecule has 1 unspecified atom stereocenters. The van der Waals surface area contributed by atoms with Crippen molar-refractivity contribution in [3.05, 3.63) is 18.2 Å². The molecule has 94 valence electrons. The lowest BCUT2D eigenvalue weighted by atomic mass is 10.1. The Hall–Kier alpha value is -1.38. The van der Waals surface area contributed by atoms with Gasteiger partial charge in [-0.2, -0.15) is 0 Å². The van der Waals surface area contributed by atoms with Gasteiger partial charge in [0.2, 0.25) is 5.79 Å². The molecule has 17 heavy (non-hydrogen) atoms. The molecule has 2 rings (SSSR count). The van der Waals surface area contributed by atoms with Gasteiger partial charge in [-0.15, -0.1) is 0 Å². The molecule has 0 saturated heterocycles. The lowest BCUT2D eigenvalue weighted by Gasteiger charge is -2.19. The van der Waals surface area contributed by atoms with Crippen molar-refractivity contribution in [3.8, 4) is 11.5 Å². The fraction of sp³-hybridized carbons (Fsp3) is 0.571. The van der Waals surface area contributed by atoms with Crippen LogP contribution in [0.15, 0.2) is 18.2 Å². The molecule has 1 aliphatic rings. The van der Waals surface area contributed by atoms with Crippen LogP contribution >= 0.6 is 0 Å². The molecule has 0 aromatic heterocycles. The Kier molecular flexibility index (Phi) is 2.94. The third-order valence-corrected chi connectivity index (χ3v) is 3.05. The van der Waals surface area contributed by atoms with E-state index in [0.717, 1.165) is 17.2 Å². The Morgan fingerprint density at radius 1 is 1.06 bits per heavy atom. The van der Waals surface area contributed by atoms with Crippen LogP contribution in [0.4, 0.5) is 5.69 Å². The number of rotatable bonds is 3. The Labute approximate surface area is 103 Å². The van der Waals surface area contributed by atoms with Gasteiger partial charge in [0.15, 0.2) is 11.5 Å². The summed E-state index contributed by atoms with van der Waals surface area (Å²) in [7, 11) is 0. The third kappa shape index (κ3) is 2.65. The van der Waals surface area contributed by atoms with Gasteiger partial charge in [0.05, 0.1) is 0 Å². The Bertz CT molecular complexity index is 413. The minimum Gasteiger partial charge on any atom is -0.449 e. The molecule has 3 heteroatoms. The summed E-state index contributed by atoms with van der Waals surface area (Å²) in [5.41, 5.74) is 1.08. The molecule has 0 saturated carbocycles. The molecule has 0 spiro atoms. The van der Waals surface area contributed by atoms with Crippen molar-refractivity contribution in [2.75, 3.05) is 5.32 Å². The first-order chi connectivity index (χ1) is 7.87. The molecule has 1 N–H and O–H groups in total. The smallest absolute Gasteiger partial charge is 0.246 e. The highest BCUT2D eigenvalue weighted by Gasteiger charge is 2.31. The van der Waals surface area contributed by atoms with Crippen LogP contribution in [0.5, 0.6) is 11.5 Å². The van der Waals surface area contributed by atoms with E-state index in [0.29, 0.717) is 12.0 Å². The molecular weight excluding hydrogens is 214 g/mol. The second-order valence-electron chi connectivity index (χ2n) is 5.44. The standard InChI is InChI=1S/C14H21NO2/c1-9(2)10(3)15-11-6-7-12-13(8-11)17-14(4,5)16-12/h6-10,15H,1-5H3. The number of hydrogen-bond acceptors (Lipinski definition) is 3. The topological polar surface area (TPSA) is 30.5 Å². The molecule has 1 heterocycles. The summed E-state index contributed by atoms with van der Waals surface area (Å²) in [6, 6.07) is 6.42. The van der Waals surface area contributed by atoms with Gasteiger partial charge in [-0.05, 0) is 25.0 Å². The minimum absolute atomic E-state index is 0.434. The maximum atomic E-state index is 5.71. The quantitative estimate of drug-likeness (QED) is 0.867. The summed E-state index contributed by atoms with van der Waals surface area (Å²) in [5, 5.41) is 3.46. The van der Waals surface area contributed by atoms with Gasteiger partial charge in [0.1, 0.15) is 0 Å². The molecule has 1 aromatic carbocycles. The van der Waals surface area contributed by atoms with Gasteiger partial charge in [-0.1, -0.05) is 13.8 Å². The van der Waals surface area contributed by atoms with Crippen LogP contribution in [-0.2, 0) is 0 Å². The molecule has 1 aliphatic heterocycles. The maximum Gasteiger partial charge on any atom is 0.246 e. The summed E-state index contributed by atoms with van der Waals surface area (Å²) >= 11 is 0. The molecule has 0 bridgehead atoms. The van der Waals surface area contributed by atoms with E-state index in [1.165, 1.54) is 0 Å². The van der Waals surface area contributed by atoms with E-state index < -0.39 is 5.79 Å². The van der Waals surface area contributed by atoms with Crippen LogP contribution in [0.3, 0.4) is 0 Å². The molecule has 0 radical (unpaired) electrons. The van der Waals surface area contributed by atoms with Crippen molar-refractivity contribution in [1.29, 1.82) is 0 Å². The highest BCUT2D eigenvalue weighted by atomic mass is 16.7. The van der Waals surface area contributed by atoms with Crippen LogP contribution in [0.2, 0.25) is 0 Å². The van der Waals surface area contributed by atoms with Crippen LogP contribution in [0, 0.1) is 5.92 Å². The van der Waals surface area contributed by atoms with Crippen molar-refractivity contribution in [2.45, 2.75) is 46.4 Å². The Morgan fingerprint density at radius 3 is 2.35 bits per heavy atom. The Morgan fingerprint density at radius 2 is 1.71 bits per heavy atom. The number of nitrogens with one attached hydrogen (secondary N) is 1. The fourth-order valence-electron chi connectivity index (χ4n) is 1.74. The molecule has 0 fully saturated rings. The molecular formula is C14H21NO2. The van der Waals surface area contributed by atoms with E-state index in [4.69, 9.17) is 9.47 Å². The van der Waals surface area contributed by atoms with E-state index in [-0.39, 0.29) is 0 Å². The van der Waals surface area contributed by atoms with Gasteiger partial charge in [-0.3, -0.25) is 0 Å². The Balaban J connectivity index is 2.14. The van der Waals surface area contributed by atoms with E-state index in [9.17, 15) is 0 Å². The maximum absolute atomic E-state index is 5.71. The SMILES string of the molecule is CC(C)C(C)Nc1ccc2c(c1)OC(C)(C)O2.